The van der Waals surface area contributed by atoms with Gasteiger partial charge in [0, 0.05) is 46.0 Å². The lowest BCUT2D eigenvalue weighted by Crippen LogP contribution is -2.38. The fourth-order valence-corrected chi connectivity index (χ4v) is 3.70. The van der Waals surface area contributed by atoms with Crippen molar-refractivity contribution in [1.29, 1.82) is 0 Å². The van der Waals surface area contributed by atoms with Gasteiger partial charge in [-0.1, -0.05) is 36.4 Å². The van der Waals surface area contributed by atoms with Crippen molar-refractivity contribution < 1.29 is 4.74 Å². The summed E-state index contributed by atoms with van der Waals surface area (Å²) in [5.74, 6) is 0.800. The van der Waals surface area contributed by atoms with Crippen molar-refractivity contribution in [3.63, 3.8) is 0 Å². The Morgan fingerprint density at radius 2 is 1.93 bits per heavy atom. The summed E-state index contributed by atoms with van der Waals surface area (Å²) in [7, 11) is 1.79. The summed E-state index contributed by atoms with van der Waals surface area (Å²) >= 11 is 0. The Balaban J connectivity index is 1.25. The molecule has 2 aromatic rings. The zero-order valence-corrected chi connectivity index (χ0v) is 18.3. The SMILES string of the molecule is CN=C(NCCCOC1CCN(Cc2ccccc2)CC1)NCc1ncccc1C. The van der Waals surface area contributed by atoms with E-state index in [2.05, 4.69) is 68.8 Å². The van der Waals surface area contributed by atoms with Crippen LogP contribution < -0.4 is 10.6 Å². The third kappa shape index (κ3) is 7.43. The second-order valence-corrected chi connectivity index (χ2v) is 7.80. The maximum atomic E-state index is 6.11. The minimum atomic E-state index is 0.390. The van der Waals surface area contributed by atoms with Crippen molar-refractivity contribution in [3.8, 4) is 0 Å². The van der Waals surface area contributed by atoms with Gasteiger partial charge in [-0.2, -0.15) is 0 Å². The molecule has 6 nitrogen and oxygen atoms in total. The van der Waals surface area contributed by atoms with E-state index in [-0.39, 0.29) is 0 Å². The smallest absolute Gasteiger partial charge is 0.191 e. The highest BCUT2D eigenvalue weighted by atomic mass is 16.5. The molecule has 2 heterocycles. The number of aromatic nitrogens is 1. The van der Waals surface area contributed by atoms with Gasteiger partial charge in [-0.25, -0.2) is 0 Å². The number of guanidine groups is 1. The minimum absolute atomic E-state index is 0.390. The number of hydrogen-bond acceptors (Lipinski definition) is 4. The number of nitrogens with one attached hydrogen (secondary N) is 2. The average Bonchev–Trinajstić information content (AvgIpc) is 2.78. The number of nitrogens with zero attached hydrogens (tertiary/aromatic N) is 3. The molecule has 1 aliphatic heterocycles. The lowest BCUT2D eigenvalue weighted by molar-refractivity contribution is 0.00534. The first-order valence-corrected chi connectivity index (χ1v) is 11.0. The summed E-state index contributed by atoms with van der Waals surface area (Å²) in [5, 5.41) is 6.68. The molecule has 3 rings (SSSR count). The predicted molar refractivity (Wildman–Crippen MR) is 122 cm³/mol. The van der Waals surface area contributed by atoms with Crippen LogP contribution in [0.1, 0.15) is 36.1 Å². The maximum absolute atomic E-state index is 6.11. The molecule has 0 unspecified atom stereocenters. The summed E-state index contributed by atoms with van der Waals surface area (Å²) in [6.45, 7) is 7.64. The van der Waals surface area contributed by atoms with E-state index < -0.39 is 0 Å². The van der Waals surface area contributed by atoms with Gasteiger partial charge in [-0.15, -0.1) is 0 Å². The number of aliphatic imine (C=N–C) groups is 1. The van der Waals surface area contributed by atoms with E-state index in [9.17, 15) is 0 Å². The fourth-order valence-electron chi connectivity index (χ4n) is 3.70. The Kier molecular flexibility index (Phi) is 9.12. The normalized spacial score (nSPS) is 15.9. The Labute approximate surface area is 180 Å². The van der Waals surface area contributed by atoms with E-state index in [4.69, 9.17) is 4.74 Å². The number of hydrogen-bond donors (Lipinski definition) is 2. The van der Waals surface area contributed by atoms with Crippen LogP contribution in [0.4, 0.5) is 0 Å². The van der Waals surface area contributed by atoms with Crippen molar-refractivity contribution in [2.24, 2.45) is 4.99 Å². The van der Waals surface area contributed by atoms with Crippen LogP contribution in [0.3, 0.4) is 0 Å². The summed E-state index contributed by atoms with van der Waals surface area (Å²) in [4.78, 5) is 11.2. The van der Waals surface area contributed by atoms with Crippen molar-refractivity contribution in [1.82, 2.24) is 20.5 Å². The number of piperidine rings is 1. The highest BCUT2D eigenvalue weighted by Crippen LogP contribution is 2.16. The second-order valence-electron chi connectivity index (χ2n) is 7.80. The summed E-state index contributed by atoms with van der Waals surface area (Å²) in [6.07, 6.45) is 5.42. The van der Waals surface area contributed by atoms with Crippen LogP contribution in [0.25, 0.3) is 0 Å². The standard InChI is InChI=1S/C24H35N5O/c1-20-8-6-13-26-23(20)18-28-24(25-2)27-14-7-17-30-22-11-15-29(16-12-22)19-21-9-4-3-5-10-21/h3-6,8-10,13,22H,7,11-12,14-19H2,1-2H3,(H2,25,27,28). The topological polar surface area (TPSA) is 61.8 Å². The maximum Gasteiger partial charge on any atom is 0.191 e. The van der Waals surface area contributed by atoms with Crippen molar-refractivity contribution >= 4 is 5.96 Å². The van der Waals surface area contributed by atoms with Crippen LogP contribution in [0, 0.1) is 6.92 Å². The van der Waals surface area contributed by atoms with Gasteiger partial charge in [-0.3, -0.25) is 14.9 Å². The Morgan fingerprint density at radius 1 is 1.13 bits per heavy atom. The molecule has 0 spiro atoms. The molecule has 1 aliphatic rings. The van der Waals surface area contributed by atoms with E-state index in [0.717, 1.165) is 63.7 Å². The first-order valence-electron chi connectivity index (χ1n) is 11.0. The fraction of sp³-hybridized carbons (Fsp3) is 0.500. The number of pyridine rings is 1. The van der Waals surface area contributed by atoms with E-state index in [0.29, 0.717) is 12.6 Å². The number of benzene rings is 1. The van der Waals surface area contributed by atoms with Crippen molar-refractivity contribution in [3.05, 3.63) is 65.5 Å². The number of aryl methyl sites for hydroxylation is 1. The monoisotopic (exact) mass is 409 g/mol. The molecule has 1 fully saturated rings. The lowest BCUT2D eigenvalue weighted by atomic mass is 10.1. The molecule has 0 aliphatic carbocycles. The molecule has 1 saturated heterocycles. The first-order chi connectivity index (χ1) is 14.7. The molecule has 0 amide bonds. The molecule has 30 heavy (non-hydrogen) atoms. The molecule has 162 valence electrons. The quantitative estimate of drug-likeness (QED) is 0.379. The third-order valence-corrected chi connectivity index (χ3v) is 5.52. The summed E-state index contributed by atoms with van der Waals surface area (Å²) < 4.78 is 6.11. The molecule has 0 saturated carbocycles. The van der Waals surface area contributed by atoms with E-state index in [1.165, 1.54) is 11.1 Å². The molecule has 0 bridgehead atoms. The largest absolute Gasteiger partial charge is 0.378 e. The number of likely N-dealkylation sites (tertiary alicyclic amines) is 1. The van der Waals surface area contributed by atoms with E-state index in [1.54, 1.807) is 7.05 Å². The lowest BCUT2D eigenvalue weighted by Gasteiger charge is -2.32. The highest BCUT2D eigenvalue weighted by Gasteiger charge is 2.19. The van der Waals surface area contributed by atoms with Crippen molar-refractivity contribution in [2.45, 2.75) is 45.4 Å². The van der Waals surface area contributed by atoms with Gasteiger partial charge in [0.05, 0.1) is 18.3 Å². The van der Waals surface area contributed by atoms with Gasteiger partial charge in [-0.05, 0) is 43.4 Å². The average molecular weight is 410 g/mol. The molecule has 0 atom stereocenters. The van der Waals surface area contributed by atoms with E-state index >= 15 is 0 Å². The molecule has 1 aromatic heterocycles. The number of ether oxygens (including phenoxy) is 1. The minimum Gasteiger partial charge on any atom is -0.378 e. The molecular formula is C24H35N5O. The third-order valence-electron chi connectivity index (χ3n) is 5.52. The first kappa shape index (κ1) is 22.2. The van der Waals surface area contributed by atoms with Gasteiger partial charge >= 0.3 is 0 Å². The number of rotatable bonds is 9. The predicted octanol–water partition coefficient (Wildman–Crippen LogP) is 3.13. The Hall–Kier alpha value is -2.44. The highest BCUT2D eigenvalue weighted by molar-refractivity contribution is 5.79. The van der Waals surface area contributed by atoms with Gasteiger partial charge in [0.2, 0.25) is 0 Å². The van der Waals surface area contributed by atoms with Gasteiger partial charge in [0.15, 0.2) is 5.96 Å². The zero-order valence-electron chi connectivity index (χ0n) is 18.3. The van der Waals surface area contributed by atoms with Crippen LogP contribution in [-0.4, -0.2) is 55.2 Å². The van der Waals surface area contributed by atoms with Gasteiger partial charge in [0.1, 0.15) is 0 Å². The van der Waals surface area contributed by atoms with Crippen LogP contribution in [0.2, 0.25) is 0 Å². The van der Waals surface area contributed by atoms with Gasteiger partial charge in [0.25, 0.3) is 0 Å². The summed E-state index contributed by atoms with van der Waals surface area (Å²) in [6, 6.07) is 14.7. The molecule has 1 aromatic carbocycles. The molecular weight excluding hydrogens is 374 g/mol. The zero-order chi connectivity index (χ0) is 21.0. The molecule has 0 radical (unpaired) electrons. The Morgan fingerprint density at radius 3 is 2.67 bits per heavy atom. The van der Waals surface area contributed by atoms with Crippen LogP contribution in [0.15, 0.2) is 53.7 Å². The van der Waals surface area contributed by atoms with Crippen LogP contribution in [-0.2, 0) is 17.8 Å². The van der Waals surface area contributed by atoms with Crippen LogP contribution in [0.5, 0.6) is 0 Å². The molecule has 2 N–H and O–H groups in total. The van der Waals surface area contributed by atoms with E-state index in [1.807, 2.05) is 12.3 Å². The molecule has 6 heteroatoms. The van der Waals surface area contributed by atoms with Gasteiger partial charge < -0.3 is 15.4 Å². The van der Waals surface area contributed by atoms with Crippen LogP contribution >= 0.6 is 0 Å². The Bertz CT molecular complexity index is 772. The van der Waals surface area contributed by atoms with Crippen molar-refractivity contribution in [2.75, 3.05) is 33.3 Å². The summed E-state index contributed by atoms with van der Waals surface area (Å²) in [5.41, 5.74) is 3.62. The second kappa shape index (κ2) is 12.3.